The van der Waals surface area contributed by atoms with Crippen molar-refractivity contribution in [2.75, 3.05) is 13.2 Å². The van der Waals surface area contributed by atoms with Gasteiger partial charge in [-0.1, -0.05) is 0 Å². The molecule has 1 amide bonds. The first-order valence-corrected chi connectivity index (χ1v) is 4.47. The lowest BCUT2D eigenvalue weighted by atomic mass is 9.97. The first-order chi connectivity index (χ1) is 5.72. The summed E-state index contributed by atoms with van der Waals surface area (Å²) in [5, 5.41) is 6.65. The van der Waals surface area contributed by atoms with Gasteiger partial charge >= 0.3 is 0 Å². The van der Waals surface area contributed by atoms with E-state index in [0.717, 1.165) is 32.5 Å². The number of hydrogen-bond donors (Lipinski definition) is 3. The Morgan fingerprint density at radius 3 is 2.92 bits per heavy atom. The Morgan fingerprint density at radius 1 is 1.58 bits per heavy atom. The maximum Gasteiger partial charge on any atom is 0.220 e. The van der Waals surface area contributed by atoms with E-state index in [4.69, 9.17) is 5.73 Å². The van der Waals surface area contributed by atoms with Crippen molar-refractivity contribution in [2.45, 2.75) is 24.8 Å². The minimum atomic E-state index is -0.138. The van der Waals surface area contributed by atoms with Crippen molar-refractivity contribution in [3.8, 4) is 0 Å². The van der Waals surface area contributed by atoms with Gasteiger partial charge in [-0.05, 0) is 19.3 Å². The quantitative estimate of drug-likeness (QED) is 0.479. The summed E-state index contributed by atoms with van der Waals surface area (Å²) in [5.74, 6) is -0.0435. The second-order valence-corrected chi connectivity index (χ2v) is 3.90. The topological polar surface area (TPSA) is 67.2 Å². The van der Waals surface area contributed by atoms with Gasteiger partial charge in [0, 0.05) is 24.7 Å². The molecule has 2 aliphatic rings. The van der Waals surface area contributed by atoms with Crippen molar-refractivity contribution in [1.29, 1.82) is 0 Å². The summed E-state index contributed by atoms with van der Waals surface area (Å²) in [5.41, 5.74) is 5.44. The Kier molecular flexibility index (Phi) is 1.81. The van der Waals surface area contributed by atoms with E-state index in [1.807, 2.05) is 0 Å². The van der Waals surface area contributed by atoms with Crippen LogP contribution in [0.15, 0.2) is 0 Å². The number of nitrogens with one attached hydrogen (secondary N) is 2. The lowest BCUT2D eigenvalue weighted by Crippen LogP contribution is -2.40. The molecule has 0 aromatic rings. The molecule has 12 heavy (non-hydrogen) atoms. The number of hydrogen-bond acceptors (Lipinski definition) is 3. The molecule has 0 aromatic heterocycles. The molecular weight excluding hydrogens is 154 g/mol. The summed E-state index contributed by atoms with van der Waals surface area (Å²) in [7, 11) is 0. The van der Waals surface area contributed by atoms with Crippen LogP contribution in [0.2, 0.25) is 0 Å². The highest BCUT2D eigenvalue weighted by atomic mass is 16.1. The normalized spacial score (nSPS) is 40.8. The summed E-state index contributed by atoms with van der Waals surface area (Å²) in [6.07, 6.45) is 2.94. The van der Waals surface area contributed by atoms with Gasteiger partial charge in [0.15, 0.2) is 0 Å². The summed E-state index contributed by atoms with van der Waals surface area (Å²) < 4.78 is 0. The Hall–Kier alpha value is -0.610. The molecule has 2 atom stereocenters. The molecule has 1 heterocycles. The SMILES string of the molecule is NC(=O)C1CCC2(CNCN2)C1. The Balaban J connectivity index is 2.01. The second kappa shape index (κ2) is 2.71. The molecule has 0 aromatic carbocycles. The number of nitrogens with two attached hydrogens (primary N) is 1. The number of carbonyl (C=O) groups excluding carboxylic acids is 1. The molecule has 1 saturated heterocycles. The molecule has 2 unspecified atom stereocenters. The number of rotatable bonds is 1. The standard InChI is InChI=1S/C8H15N3O/c9-7(12)6-1-2-8(3-6)4-10-5-11-8/h6,10-11H,1-5H2,(H2,9,12). The lowest BCUT2D eigenvalue weighted by Gasteiger charge is -2.21. The van der Waals surface area contributed by atoms with Gasteiger partial charge in [-0.3, -0.25) is 10.1 Å². The van der Waals surface area contributed by atoms with Crippen LogP contribution in [0, 0.1) is 5.92 Å². The molecular formula is C8H15N3O. The molecule has 1 saturated carbocycles. The van der Waals surface area contributed by atoms with Crippen molar-refractivity contribution in [1.82, 2.24) is 10.6 Å². The average molecular weight is 169 g/mol. The Bertz CT molecular complexity index is 198. The third-order valence-corrected chi connectivity index (χ3v) is 3.06. The third kappa shape index (κ3) is 1.21. The van der Waals surface area contributed by atoms with Gasteiger partial charge in [0.1, 0.15) is 0 Å². The molecule has 1 aliphatic heterocycles. The van der Waals surface area contributed by atoms with Gasteiger partial charge < -0.3 is 11.1 Å². The molecule has 1 spiro atoms. The average Bonchev–Trinajstić information content (AvgIpc) is 2.62. The predicted molar refractivity (Wildman–Crippen MR) is 45.3 cm³/mol. The minimum absolute atomic E-state index is 0.0948. The zero-order chi connectivity index (χ0) is 8.60. The highest BCUT2D eigenvalue weighted by Crippen LogP contribution is 2.35. The summed E-state index contributed by atoms with van der Waals surface area (Å²) in [6, 6.07) is 0. The van der Waals surface area contributed by atoms with Gasteiger partial charge in [0.05, 0.1) is 0 Å². The van der Waals surface area contributed by atoms with Gasteiger partial charge in [-0.25, -0.2) is 0 Å². The van der Waals surface area contributed by atoms with Crippen LogP contribution in [0.4, 0.5) is 0 Å². The van der Waals surface area contributed by atoms with E-state index in [9.17, 15) is 4.79 Å². The number of primary amides is 1. The van der Waals surface area contributed by atoms with Crippen LogP contribution in [-0.4, -0.2) is 24.7 Å². The Labute approximate surface area is 71.9 Å². The predicted octanol–water partition coefficient (Wildman–Crippen LogP) is -0.839. The van der Waals surface area contributed by atoms with Crippen LogP contribution in [0.25, 0.3) is 0 Å². The number of carbonyl (C=O) groups is 1. The van der Waals surface area contributed by atoms with Crippen LogP contribution >= 0.6 is 0 Å². The first kappa shape index (κ1) is 8.01. The largest absolute Gasteiger partial charge is 0.369 e. The van der Waals surface area contributed by atoms with Gasteiger partial charge in [-0.2, -0.15) is 0 Å². The van der Waals surface area contributed by atoms with Crippen molar-refractivity contribution in [2.24, 2.45) is 11.7 Å². The van der Waals surface area contributed by atoms with Gasteiger partial charge in [-0.15, -0.1) is 0 Å². The van der Waals surface area contributed by atoms with Crippen molar-refractivity contribution < 1.29 is 4.79 Å². The van der Waals surface area contributed by atoms with E-state index in [0.29, 0.717) is 0 Å². The fraction of sp³-hybridized carbons (Fsp3) is 0.875. The highest BCUT2D eigenvalue weighted by molar-refractivity contribution is 5.77. The molecule has 1 aliphatic carbocycles. The molecule has 2 rings (SSSR count). The van der Waals surface area contributed by atoms with E-state index in [-0.39, 0.29) is 17.4 Å². The molecule has 4 nitrogen and oxygen atoms in total. The molecule has 0 radical (unpaired) electrons. The molecule has 4 N–H and O–H groups in total. The maximum absolute atomic E-state index is 10.9. The van der Waals surface area contributed by atoms with E-state index >= 15 is 0 Å². The van der Waals surface area contributed by atoms with E-state index in [1.165, 1.54) is 0 Å². The van der Waals surface area contributed by atoms with E-state index in [1.54, 1.807) is 0 Å². The minimum Gasteiger partial charge on any atom is -0.369 e. The van der Waals surface area contributed by atoms with Crippen LogP contribution in [0.3, 0.4) is 0 Å². The fourth-order valence-electron chi connectivity index (χ4n) is 2.30. The van der Waals surface area contributed by atoms with Crippen LogP contribution < -0.4 is 16.4 Å². The second-order valence-electron chi connectivity index (χ2n) is 3.90. The fourth-order valence-corrected chi connectivity index (χ4v) is 2.30. The Morgan fingerprint density at radius 2 is 2.42 bits per heavy atom. The molecule has 2 fully saturated rings. The molecule has 68 valence electrons. The molecule has 0 bridgehead atoms. The van der Waals surface area contributed by atoms with Gasteiger partial charge in [0.25, 0.3) is 0 Å². The van der Waals surface area contributed by atoms with Crippen molar-refractivity contribution >= 4 is 5.91 Å². The van der Waals surface area contributed by atoms with E-state index in [2.05, 4.69) is 10.6 Å². The van der Waals surface area contributed by atoms with E-state index < -0.39 is 0 Å². The van der Waals surface area contributed by atoms with Crippen LogP contribution in [0.1, 0.15) is 19.3 Å². The highest BCUT2D eigenvalue weighted by Gasteiger charge is 2.42. The summed E-state index contributed by atoms with van der Waals surface area (Å²) >= 11 is 0. The zero-order valence-corrected chi connectivity index (χ0v) is 7.10. The third-order valence-electron chi connectivity index (χ3n) is 3.06. The number of amides is 1. The van der Waals surface area contributed by atoms with Crippen LogP contribution in [-0.2, 0) is 4.79 Å². The lowest BCUT2D eigenvalue weighted by molar-refractivity contribution is -0.121. The van der Waals surface area contributed by atoms with Crippen molar-refractivity contribution in [3.05, 3.63) is 0 Å². The smallest absolute Gasteiger partial charge is 0.220 e. The monoisotopic (exact) mass is 169 g/mol. The molecule has 4 heteroatoms. The van der Waals surface area contributed by atoms with Crippen LogP contribution in [0.5, 0.6) is 0 Å². The zero-order valence-electron chi connectivity index (χ0n) is 7.10. The summed E-state index contributed by atoms with van der Waals surface area (Å²) in [4.78, 5) is 10.9. The van der Waals surface area contributed by atoms with Gasteiger partial charge in [0.2, 0.25) is 5.91 Å². The van der Waals surface area contributed by atoms with Crippen molar-refractivity contribution in [3.63, 3.8) is 0 Å². The first-order valence-electron chi connectivity index (χ1n) is 4.47. The maximum atomic E-state index is 10.9. The summed E-state index contributed by atoms with van der Waals surface area (Å²) in [6.45, 7) is 1.85.